The highest BCUT2D eigenvalue weighted by molar-refractivity contribution is 7.89. The third kappa shape index (κ3) is 4.28. The fourth-order valence-electron chi connectivity index (χ4n) is 1.61. The molecule has 2 N–H and O–H groups in total. The highest BCUT2D eigenvalue weighted by Crippen LogP contribution is 2.25. The number of hydrogen-bond acceptors (Lipinski definition) is 4. The molecule has 0 saturated heterocycles. The van der Waals surface area contributed by atoms with E-state index in [0.29, 0.717) is 5.69 Å². The fourth-order valence-corrected chi connectivity index (χ4v) is 3.61. The molecule has 0 atom stereocenters. The number of carbonyl (C=O) groups is 1. The Morgan fingerprint density at radius 3 is 2.67 bits per heavy atom. The van der Waals surface area contributed by atoms with Gasteiger partial charge in [0.2, 0.25) is 15.9 Å². The zero-order valence-electron chi connectivity index (χ0n) is 11.1. The number of carbonyl (C=O) groups excluding carboxylic acids is 1. The van der Waals surface area contributed by atoms with Gasteiger partial charge in [0.15, 0.2) is 0 Å². The number of nitrogens with one attached hydrogen (secondary N) is 2. The van der Waals surface area contributed by atoms with Crippen LogP contribution in [-0.4, -0.2) is 14.3 Å². The molecule has 0 unspecified atom stereocenters. The van der Waals surface area contributed by atoms with Crippen LogP contribution in [0.15, 0.2) is 39.9 Å². The summed E-state index contributed by atoms with van der Waals surface area (Å²) in [6, 6.07) is 6.01. The van der Waals surface area contributed by atoms with E-state index in [4.69, 9.17) is 11.6 Å². The molecule has 0 bridgehead atoms. The van der Waals surface area contributed by atoms with Gasteiger partial charge in [-0.2, -0.15) is 11.3 Å². The van der Waals surface area contributed by atoms with Crippen LogP contribution in [0.4, 0.5) is 5.69 Å². The molecule has 1 amide bonds. The van der Waals surface area contributed by atoms with Crippen LogP contribution in [0.25, 0.3) is 0 Å². The van der Waals surface area contributed by atoms with Gasteiger partial charge in [0.05, 0.1) is 15.6 Å². The third-order valence-corrected chi connectivity index (χ3v) is 5.05. The number of anilines is 1. The molecule has 0 spiro atoms. The summed E-state index contributed by atoms with van der Waals surface area (Å²) in [7, 11) is -3.65. The fraction of sp³-hybridized carbons (Fsp3) is 0.154. The molecule has 0 aliphatic carbocycles. The quantitative estimate of drug-likeness (QED) is 0.875. The van der Waals surface area contributed by atoms with Gasteiger partial charge in [-0.05, 0) is 40.6 Å². The van der Waals surface area contributed by atoms with Crippen molar-refractivity contribution in [1.29, 1.82) is 0 Å². The van der Waals surface area contributed by atoms with Crippen LogP contribution in [0.5, 0.6) is 0 Å². The van der Waals surface area contributed by atoms with E-state index in [1.54, 1.807) is 0 Å². The average Bonchev–Trinajstić information content (AvgIpc) is 2.91. The zero-order valence-corrected chi connectivity index (χ0v) is 13.5. The third-order valence-electron chi connectivity index (χ3n) is 2.61. The van der Waals surface area contributed by atoms with E-state index < -0.39 is 10.0 Å². The lowest BCUT2D eigenvalue weighted by atomic mass is 10.3. The molecular weight excluding hydrogens is 332 g/mol. The van der Waals surface area contributed by atoms with Crippen molar-refractivity contribution in [1.82, 2.24) is 4.72 Å². The maximum Gasteiger partial charge on any atom is 0.240 e. The minimum absolute atomic E-state index is 0.0526. The second-order valence-electron chi connectivity index (χ2n) is 4.28. The molecular formula is C13H13ClN2O3S2. The SMILES string of the molecule is CC(=O)Nc1ccc(S(=O)(=O)NCc2ccsc2)cc1Cl. The van der Waals surface area contributed by atoms with Crippen LogP contribution in [0.2, 0.25) is 5.02 Å². The first-order chi connectivity index (χ1) is 9.88. The first kappa shape index (κ1) is 16.0. The van der Waals surface area contributed by atoms with Gasteiger partial charge < -0.3 is 5.32 Å². The maximum atomic E-state index is 12.2. The van der Waals surface area contributed by atoms with Crippen molar-refractivity contribution in [2.24, 2.45) is 0 Å². The summed E-state index contributed by atoms with van der Waals surface area (Å²) < 4.78 is 26.8. The van der Waals surface area contributed by atoms with Crippen LogP contribution in [0.3, 0.4) is 0 Å². The molecule has 0 fully saturated rings. The van der Waals surface area contributed by atoms with E-state index in [1.165, 1.54) is 36.5 Å². The second kappa shape index (κ2) is 6.57. The normalized spacial score (nSPS) is 11.3. The number of benzene rings is 1. The Balaban J connectivity index is 2.16. The van der Waals surface area contributed by atoms with Crippen molar-refractivity contribution in [3.63, 3.8) is 0 Å². The van der Waals surface area contributed by atoms with Crippen LogP contribution in [0.1, 0.15) is 12.5 Å². The number of sulfonamides is 1. The first-order valence-electron chi connectivity index (χ1n) is 5.96. The van der Waals surface area contributed by atoms with Crippen molar-refractivity contribution >= 4 is 44.6 Å². The van der Waals surface area contributed by atoms with Crippen LogP contribution < -0.4 is 10.0 Å². The minimum atomic E-state index is -3.65. The van der Waals surface area contributed by atoms with Gasteiger partial charge in [-0.25, -0.2) is 13.1 Å². The largest absolute Gasteiger partial charge is 0.325 e. The zero-order chi connectivity index (χ0) is 15.5. The van der Waals surface area contributed by atoms with Crippen LogP contribution >= 0.6 is 22.9 Å². The molecule has 5 nitrogen and oxygen atoms in total. The number of hydrogen-bond donors (Lipinski definition) is 2. The Labute approximate surface area is 132 Å². The standard InChI is InChI=1S/C13H13ClN2O3S2/c1-9(17)16-13-3-2-11(6-12(13)14)21(18,19)15-7-10-4-5-20-8-10/h2-6,8,15H,7H2,1H3,(H,16,17). The maximum absolute atomic E-state index is 12.2. The lowest BCUT2D eigenvalue weighted by molar-refractivity contribution is -0.114. The van der Waals surface area contributed by atoms with Gasteiger partial charge in [0.25, 0.3) is 0 Å². The highest BCUT2D eigenvalue weighted by Gasteiger charge is 2.15. The summed E-state index contributed by atoms with van der Waals surface area (Å²) in [5, 5.41) is 6.44. The molecule has 1 heterocycles. The first-order valence-corrected chi connectivity index (χ1v) is 8.77. The van der Waals surface area contributed by atoms with Crippen molar-refractivity contribution in [2.45, 2.75) is 18.4 Å². The van der Waals surface area contributed by atoms with Gasteiger partial charge in [-0.3, -0.25) is 4.79 Å². The molecule has 1 aromatic heterocycles. The molecule has 2 aromatic rings. The van der Waals surface area contributed by atoms with E-state index >= 15 is 0 Å². The Bertz CT molecular complexity index is 743. The molecule has 21 heavy (non-hydrogen) atoms. The van der Waals surface area contributed by atoms with Crippen molar-refractivity contribution in [3.8, 4) is 0 Å². The summed E-state index contributed by atoms with van der Waals surface area (Å²) in [4.78, 5) is 11.0. The summed E-state index contributed by atoms with van der Waals surface area (Å²) in [5.41, 5.74) is 1.27. The monoisotopic (exact) mass is 344 g/mol. The van der Waals surface area contributed by atoms with E-state index in [1.807, 2.05) is 16.8 Å². The molecule has 0 aliphatic heterocycles. The van der Waals surface area contributed by atoms with E-state index in [2.05, 4.69) is 10.0 Å². The number of halogens is 1. The Kier molecular flexibility index (Phi) is 5.00. The van der Waals surface area contributed by atoms with E-state index in [9.17, 15) is 13.2 Å². The summed E-state index contributed by atoms with van der Waals surface area (Å²) in [6.07, 6.45) is 0. The van der Waals surface area contributed by atoms with Gasteiger partial charge in [0.1, 0.15) is 0 Å². The van der Waals surface area contributed by atoms with Gasteiger partial charge in [-0.15, -0.1) is 0 Å². The highest BCUT2D eigenvalue weighted by atomic mass is 35.5. The smallest absolute Gasteiger partial charge is 0.240 e. The Morgan fingerprint density at radius 2 is 2.10 bits per heavy atom. The predicted octanol–water partition coefficient (Wildman–Crippen LogP) is 2.84. The number of amides is 1. The Morgan fingerprint density at radius 1 is 1.33 bits per heavy atom. The van der Waals surface area contributed by atoms with Gasteiger partial charge >= 0.3 is 0 Å². The van der Waals surface area contributed by atoms with Crippen molar-refractivity contribution in [3.05, 3.63) is 45.6 Å². The summed E-state index contributed by atoms with van der Waals surface area (Å²) in [6.45, 7) is 1.57. The van der Waals surface area contributed by atoms with Crippen LogP contribution in [-0.2, 0) is 21.4 Å². The number of thiophene rings is 1. The predicted molar refractivity (Wildman–Crippen MR) is 84.1 cm³/mol. The summed E-state index contributed by atoms with van der Waals surface area (Å²) >= 11 is 7.47. The van der Waals surface area contributed by atoms with Gasteiger partial charge in [0, 0.05) is 13.5 Å². The van der Waals surface area contributed by atoms with Crippen molar-refractivity contribution < 1.29 is 13.2 Å². The molecule has 0 saturated carbocycles. The molecule has 0 aliphatic rings. The lowest BCUT2D eigenvalue weighted by Crippen LogP contribution is -2.23. The van der Waals surface area contributed by atoms with E-state index in [0.717, 1.165) is 5.56 Å². The second-order valence-corrected chi connectivity index (χ2v) is 7.23. The topological polar surface area (TPSA) is 75.3 Å². The molecule has 2 rings (SSSR count). The molecule has 112 valence electrons. The minimum Gasteiger partial charge on any atom is -0.325 e. The summed E-state index contributed by atoms with van der Waals surface area (Å²) in [5.74, 6) is -0.275. The molecule has 0 radical (unpaired) electrons. The van der Waals surface area contributed by atoms with E-state index in [-0.39, 0.29) is 22.4 Å². The van der Waals surface area contributed by atoms with Crippen molar-refractivity contribution in [2.75, 3.05) is 5.32 Å². The average molecular weight is 345 g/mol. The van der Waals surface area contributed by atoms with Crippen LogP contribution in [0, 0.1) is 0 Å². The molecule has 1 aromatic carbocycles. The molecule has 8 heteroatoms. The lowest BCUT2D eigenvalue weighted by Gasteiger charge is -2.09. The Hall–Kier alpha value is -1.41. The number of rotatable bonds is 5. The van der Waals surface area contributed by atoms with Gasteiger partial charge in [-0.1, -0.05) is 11.6 Å².